The summed E-state index contributed by atoms with van der Waals surface area (Å²) in [5, 5.41) is 12.3. The van der Waals surface area contributed by atoms with E-state index in [-0.39, 0.29) is 0 Å². The van der Waals surface area contributed by atoms with Gasteiger partial charge in [0.25, 0.3) is 0 Å². The third-order valence-electron chi connectivity index (χ3n) is 2.68. The van der Waals surface area contributed by atoms with Crippen LogP contribution in [-0.4, -0.2) is 34.7 Å². The lowest BCUT2D eigenvalue weighted by Crippen LogP contribution is -2.21. The Bertz CT molecular complexity index is 300. The van der Waals surface area contributed by atoms with Crippen LogP contribution in [0.15, 0.2) is 5.38 Å². The van der Waals surface area contributed by atoms with Crippen LogP contribution in [0.1, 0.15) is 17.1 Å². The average molecular weight is 212 g/mol. The summed E-state index contributed by atoms with van der Waals surface area (Å²) in [5.41, 5.74) is 1.17. The first kappa shape index (κ1) is 10.1. The first-order chi connectivity index (χ1) is 6.78. The molecule has 0 radical (unpaired) electrons. The smallest absolute Gasteiger partial charge is 0.0897 e. The topological polar surface area (TPSA) is 36.4 Å². The zero-order valence-electron chi connectivity index (χ0n) is 8.44. The van der Waals surface area contributed by atoms with Crippen LogP contribution in [0.3, 0.4) is 0 Å². The van der Waals surface area contributed by atoms with Crippen molar-refractivity contribution in [1.29, 1.82) is 0 Å². The van der Waals surface area contributed by atoms with Gasteiger partial charge in [-0.15, -0.1) is 11.3 Å². The number of aromatic nitrogens is 1. The first-order valence-corrected chi connectivity index (χ1v) is 5.90. The standard InChI is InChI=1S/C10H16N2OS/c1-8-11-10(7-14-8)5-12-3-2-9(4-12)6-13/h7,9,13H,2-6H2,1H3/t9-/m0/s1. The molecule has 1 aromatic rings. The minimum Gasteiger partial charge on any atom is -0.396 e. The Hall–Kier alpha value is -0.450. The number of aliphatic hydroxyl groups is 1. The molecule has 78 valence electrons. The van der Waals surface area contributed by atoms with Gasteiger partial charge in [0.2, 0.25) is 0 Å². The molecule has 2 rings (SSSR count). The van der Waals surface area contributed by atoms with Crippen molar-refractivity contribution in [1.82, 2.24) is 9.88 Å². The molecular formula is C10H16N2OS. The number of aliphatic hydroxyl groups excluding tert-OH is 1. The van der Waals surface area contributed by atoms with E-state index in [0.29, 0.717) is 12.5 Å². The third kappa shape index (κ3) is 2.32. The van der Waals surface area contributed by atoms with Gasteiger partial charge in [-0.1, -0.05) is 0 Å². The van der Waals surface area contributed by atoms with Crippen LogP contribution >= 0.6 is 11.3 Å². The average Bonchev–Trinajstić information content (AvgIpc) is 2.76. The summed E-state index contributed by atoms with van der Waals surface area (Å²) in [4.78, 5) is 6.81. The molecule has 1 fully saturated rings. The number of hydrogen-bond donors (Lipinski definition) is 1. The maximum atomic E-state index is 9.01. The lowest BCUT2D eigenvalue weighted by atomic mass is 10.1. The molecule has 0 amide bonds. The van der Waals surface area contributed by atoms with Crippen molar-refractivity contribution in [3.8, 4) is 0 Å². The van der Waals surface area contributed by atoms with Crippen LogP contribution in [-0.2, 0) is 6.54 Å². The van der Waals surface area contributed by atoms with Gasteiger partial charge in [0.15, 0.2) is 0 Å². The van der Waals surface area contributed by atoms with Crippen LogP contribution in [0.25, 0.3) is 0 Å². The quantitative estimate of drug-likeness (QED) is 0.819. The van der Waals surface area contributed by atoms with Gasteiger partial charge in [-0.2, -0.15) is 0 Å². The lowest BCUT2D eigenvalue weighted by molar-refractivity contribution is 0.219. The molecule has 1 aliphatic heterocycles. The molecule has 1 aliphatic rings. The van der Waals surface area contributed by atoms with Crippen LogP contribution in [0.2, 0.25) is 0 Å². The molecule has 2 heterocycles. The van der Waals surface area contributed by atoms with Gasteiger partial charge < -0.3 is 5.11 Å². The predicted molar refractivity (Wildman–Crippen MR) is 57.3 cm³/mol. The summed E-state index contributed by atoms with van der Waals surface area (Å²) in [6.07, 6.45) is 1.12. The van der Waals surface area contributed by atoms with Crippen LogP contribution in [0, 0.1) is 12.8 Å². The Morgan fingerprint density at radius 2 is 2.57 bits per heavy atom. The number of nitrogens with zero attached hydrogens (tertiary/aromatic N) is 2. The normalized spacial score (nSPS) is 23.1. The molecule has 14 heavy (non-hydrogen) atoms. The Morgan fingerprint density at radius 1 is 1.71 bits per heavy atom. The summed E-state index contributed by atoms with van der Waals surface area (Å²) in [5.74, 6) is 0.481. The van der Waals surface area contributed by atoms with E-state index in [9.17, 15) is 0 Å². The lowest BCUT2D eigenvalue weighted by Gasteiger charge is -2.13. The molecule has 0 spiro atoms. The SMILES string of the molecule is Cc1nc(CN2CC[C@H](CO)C2)cs1. The van der Waals surface area contributed by atoms with Crippen molar-refractivity contribution in [3.05, 3.63) is 16.1 Å². The fourth-order valence-corrected chi connectivity index (χ4v) is 2.52. The second-order valence-corrected chi connectivity index (χ2v) is 4.99. The Kier molecular flexibility index (Phi) is 3.15. The van der Waals surface area contributed by atoms with E-state index in [0.717, 1.165) is 31.1 Å². The summed E-state index contributed by atoms with van der Waals surface area (Å²) in [7, 11) is 0. The Morgan fingerprint density at radius 3 is 3.14 bits per heavy atom. The molecule has 4 heteroatoms. The van der Waals surface area contributed by atoms with Gasteiger partial charge >= 0.3 is 0 Å². The zero-order chi connectivity index (χ0) is 9.97. The summed E-state index contributed by atoms with van der Waals surface area (Å²) >= 11 is 1.71. The highest BCUT2D eigenvalue weighted by atomic mass is 32.1. The van der Waals surface area contributed by atoms with Gasteiger partial charge in [-0.3, -0.25) is 4.90 Å². The third-order valence-corrected chi connectivity index (χ3v) is 3.50. The van der Waals surface area contributed by atoms with E-state index in [2.05, 4.69) is 15.3 Å². The highest BCUT2D eigenvalue weighted by molar-refractivity contribution is 7.09. The number of likely N-dealkylation sites (tertiary alicyclic amines) is 1. The van der Waals surface area contributed by atoms with Crippen LogP contribution in [0.5, 0.6) is 0 Å². The van der Waals surface area contributed by atoms with Gasteiger partial charge in [-0.05, 0) is 25.8 Å². The predicted octanol–water partition coefficient (Wildman–Crippen LogP) is 1.27. The van der Waals surface area contributed by atoms with Gasteiger partial charge in [-0.25, -0.2) is 4.98 Å². The molecule has 0 saturated carbocycles. The Balaban J connectivity index is 1.87. The van der Waals surface area contributed by atoms with E-state index in [1.54, 1.807) is 11.3 Å². The van der Waals surface area contributed by atoms with E-state index >= 15 is 0 Å². The molecule has 1 saturated heterocycles. The van der Waals surface area contributed by atoms with Crippen LogP contribution < -0.4 is 0 Å². The first-order valence-electron chi connectivity index (χ1n) is 5.02. The number of aryl methyl sites for hydroxylation is 1. The molecular weight excluding hydrogens is 196 g/mol. The van der Waals surface area contributed by atoms with Gasteiger partial charge in [0, 0.05) is 25.1 Å². The maximum Gasteiger partial charge on any atom is 0.0897 e. The minimum atomic E-state index is 0.326. The van der Waals surface area contributed by atoms with Crippen LogP contribution in [0.4, 0.5) is 0 Å². The van der Waals surface area contributed by atoms with Gasteiger partial charge in [0.05, 0.1) is 10.7 Å². The van der Waals surface area contributed by atoms with Crippen molar-refractivity contribution < 1.29 is 5.11 Å². The highest BCUT2D eigenvalue weighted by Gasteiger charge is 2.21. The Labute approximate surface area is 88.4 Å². The van der Waals surface area contributed by atoms with E-state index in [4.69, 9.17) is 5.11 Å². The second-order valence-electron chi connectivity index (χ2n) is 3.93. The summed E-state index contributed by atoms with van der Waals surface area (Å²) < 4.78 is 0. The molecule has 0 bridgehead atoms. The fraction of sp³-hybridized carbons (Fsp3) is 0.700. The highest BCUT2D eigenvalue weighted by Crippen LogP contribution is 2.18. The molecule has 0 aliphatic carbocycles. The molecule has 1 atom stereocenters. The number of rotatable bonds is 3. The number of thiazole rings is 1. The van der Waals surface area contributed by atoms with E-state index in [1.165, 1.54) is 5.69 Å². The molecule has 0 unspecified atom stereocenters. The maximum absolute atomic E-state index is 9.01. The van der Waals surface area contributed by atoms with Crippen molar-refractivity contribution in [3.63, 3.8) is 0 Å². The van der Waals surface area contributed by atoms with Crippen molar-refractivity contribution in [2.24, 2.45) is 5.92 Å². The molecule has 1 N–H and O–H groups in total. The zero-order valence-corrected chi connectivity index (χ0v) is 9.26. The van der Waals surface area contributed by atoms with E-state index < -0.39 is 0 Å². The fourth-order valence-electron chi connectivity index (χ4n) is 1.92. The van der Waals surface area contributed by atoms with Crippen molar-refractivity contribution in [2.75, 3.05) is 19.7 Å². The van der Waals surface area contributed by atoms with Crippen molar-refractivity contribution >= 4 is 11.3 Å². The second kappa shape index (κ2) is 4.38. The molecule has 3 nitrogen and oxygen atoms in total. The van der Waals surface area contributed by atoms with Gasteiger partial charge in [0.1, 0.15) is 0 Å². The van der Waals surface area contributed by atoms with Crippen molar-refractivity contribution in [2.45, 2.75) is 19.9 Å². The largest absolute Gasteiger partial charge is 0.396 e. The summed E-state index contributed by atoms with van der Waals surface area (Å²) in [6, 6.07) is 0. The monoisotopic (exact) mass is 212 g/mol. The summed E-state index contributed by atoms with van der Waals surface area (Å²) in [6.45, 7) is 5.43. The molecule has 0 aromatic carbocycles. The molecule has 1 aromatic heterocycles. The van der Waals surface area contributed by atoms with E-state index in [1.807, 2.05) is 6.92 Å². The number of hydrogen-bond acceptors (Lipinski definition) is 4. The minimum absolute atomic E-state index is 0.326.